The molecule has 1 saturated heterocycles. The van der Waals surface area contributed by atoms with Gasteiger partial charge in [-0.15, -0.1) is 0 Å². The van der Waals surface area contributed by atoms with Crippen molar-refractivity contribution >= 4 is 12.0 Å². The molecule has 0 radical (unpaired) electrons. The third-order valence-corrected chi connectivity index (χ3v) is 3.40. The van der Waals surface area contributed by atoms with E-state index in [0.29, 0.717) is 19.6 Å². The highest BCUT2D eigenvalue weighted by Gasteiger charge is 2.34. The van der Waals surface area contributed by atoms with Gasteiger partial charge in [-0.1, -0.05) is 0 Å². The van der Waals surface area contributed by atoms with Crippen molar-refractivity contribution in [1.29, 1.82) is 0 Å². The topological polar surface area (TPSA) is 70.1 Å². The molecule has 0 spiro atoms. The largest absolute Gasteiger partial charge is 0.480 e. The second kappa shape index (κ2) is 6.04. The molecule has 1 heterocycles. The van der Waals surface area contributed by atoms with Crippen molar-refractivity contribution in [1.82, 2.24) is 9.80 Å². The number of urea groups is 1. The van der Waals surface area contributed by atoms with Gasteiger partial charge in [0.1, 0.15) is 6.54 Å². The van der Waals surface area contributed by atoms with Crippen molar-refractivity contribution in [2.75, 3.05) is 33.3 Å². The summed E-state index contributed by atoms with van der Waals surface area (Å²) in [6.45, 7) is 5.06. The molecule has 1 unspecified atom stereocenters. The number of ether oxygens (including phenoxy) is 1. The summed E-state index contributed by atoms with van der Waals surface area (Å²) in [6.07, 6.45) is 1.79. The molecule has 0 aromatic rings. The zero-order valence-electron chi connectivity index (χ0n) is 11.3. The van der Waals surface area contributed by atoms with Crippen molar-refractivity contribution in [2.45, 2.75) is 32.3 Å². The predicted octanol–water partition coefficient (Wildman–Crippen LogP) is 1.01. The van der Waals surface area contributed by atoms with Crippen LogP contribution in [0.2, 0.25) is 0 Å². The number of likely N-dealkylation sites (tertiary alicyclic amines) is 1. The highest BCUT2D eigenvalue weighted by Crippen LogP contribution is 2.24. The van der Waals surface area contributed by atoms with Gasteiger partial charge >= 0.3 is 12.0 Å². The lowest BCUT2D eigenvalue weighted by Crippen LogP contribution is -2.54. The number of carbonyl (C=O) groups is 2. The standard InChI is InChI=1S/C12H22N2O4/c1-4-13(8-10(15)16)11(17)14-7-5-6-12(2,9-14)18-3/h4-9H2,1-3H3,(H,15,16). The summed E-state index contributed by atoms with van der Waals surface area (Å²) in [5, 5.41) is 8.77. The molecule has 1 rings (SSSR count). The van der Waals surface area contributed by atoms with E-state index < -0.39 is 5.97 Å². The van der Waals surface area contributed by atoms with E-state index >= 15 is 0 Å². The maximum Gasteiger partial charge on any atom is 0.323 e. The summed E-state index contributed by atoms with van der Waals surface area (Å²) in [6, 6.07) is -0.220. The van der Waals surface area contributed by atoms with Crippen molar-refractivity contribution in [3.63, 3.8) is 0 Å². The third-order valence-electron chi connectivity index (χ3n) is 3.40. The van der Waals surface area contributed by atoms with Crippen LogP contribution in [0.5, 0.6) is 0 Å². The Morgan fingerprint density at radius 2 is 2.17 bits per heavy atom. The van der Waals surface area contributed by atoms with Crippen molar-refractivity contribution < 1.29 is 19.4 Å². The molecular weight excluding hydrogens is 236 g/mol. The van der Waals surface area contributed by atoms with Gasteiger partial charge in [0.2, 0.25) is 0 Å². The second-order valence-corrected chi connectivity index (χ2v) is 4.87. The van der Waals surface area contributed by atoms with Crippen LogP contribution < -0.4 is 0 Å². The number of aliphatic carboxylic acids is 1. The number of hydrogen-bond acceptors (Lipinski definition) is 3. The SMILES string of the molecule is CCN(CC(=O)O)C(=O)N1CCCC(C)(OC)C1. The quantitative estimate of drug-likeness (QED) is 0.817. The molecule has 0 aromatic carbocycles. The molecule has 0 saturated carbocycles. The van der Waals surface area contributed by atoms with E-state index in [1.807, 2.05) is 6.92 Å². The summed E-state index contributed by atoms with van der Waals surface area (Å²) in [7, 11) is 1.64. The molecule has 104 valence electrons. The maximum atomic E-state index is 12.2. The third kappa shape index (κ3) is 3.60. The van der Waals surface area contributed by atoms with Gasteiger partial charge in [-0.3, -0.25) is 4.79 Å². The van der Waals surface area contributed by atoms with Gasteiger partial charge < -0.3 is 19.6 Å². The number of methoxy groups -OCH3 is 1. The highest BCUT2D eigenvalue weighted by atomic mass is 16.5. The van der Waals surface area contributed by atoms with Gasteiger partial charge in [-0.25, -0.2) is 4.79 Å². The lowest BCUT2D eigenvalue weighted by Gasteiger charge is -2.41. The molecule has 0 aliphatic carbocycles. The van der Waals surface area contributed by atoms with Gasteiger partial charge in [0.25, 0.3) is 0 Å². The van der Waals surface area contributed by atoms with Crippen LogP contribution in [0.4, 0.5) is 4.79 Å². The van der Waals surface area contributed by atoms with E-state index in [-0.39, 0.29) is 18.2 Å². The molecule has 1 N–H and O–H groups in total. The molecule has 2 amide bonds. The minimum absolute atomic E-state index is 0.220. The number of carbonyl (C=O) groups excluding carboxylic acids is 1. The van der Waals surface area contributed by atoms with Gasteiger partial charge in [0.05, 0.1) is 12.1 Å². The lowest BCUT2D eigenvalue weighted by atomic mass is 9.95. The zero-order chi connectivity index (χ0) is 13.8. The minimum atomic E-state index is -0.989. The number of carboxylic acid groups (broad SMARTS) is 1. The van der Waals surface area contributed by atoms with Crippen LogP contribution >= 0.6 is 0 Å². The average Bonchev–Trinajstić information content (AvgIpc) is 2.35. The highest BCUT2D eigenvalue weighted by molar-refractivity contribution is 5.80. The summed E-state index contributed by atoms with van der Waals surface area (Å²) in [4.78, 5) is 25.9. The van der Waals surface area contributed by atoms with Crippen LogP contribution in [0, 0.1) is 0 Å². The Kier molecular flexibility index (Phi) is 4.95. The van der Waals surface area contributed by atoms with Crippen LogP contribution in [0.3, 0.4) is 0 Å². The number of hydrogen-bond donors (Lipinski definition) is 1. The predicted molar refractivity (Wildman–Crippen MR) is 66.5 cm³/mol. The minimum Gasteiger partial charge on any atom is -0.480 e. The van der Waals surface area contributed by atoms with Crippen molar-refractivity contribution in [3.8, 4) is 0 Å². The van der Waals surface area contributed by atoms with Crippen LogP contribution in [-0.4, -0.2) is 65.8 Å². The van der Waals surface area contributed by atoms with Crippen LogP contribution in [0.1, 0.15) is 26.7 Å². The molecule has 1 aliphatic rings. The number of likely N-dealkylation sites (N-methyl/N-ethyl adjacent to an activating group) is 1. The molecule has 0 aromatic heterocycles. The fourth-order valence-corrected chi connectivity index (χ4v) is 2.21. The zero-order valence-corrected chi connectivity index (χ0v) is 11.3. The Morgan fingerprint density at radius 3 is 2.67 bits per heavy atom. The molecule has 1 fully saturated rings. The summed E-state index contributed by atoms with van der Waals surface area (Å²) < 4.78 is 5.42. The van der Waals surface area contributed by atoms with Gasteiger partial charge in [0, 0.05) is 20.2 Å². The molecule has 6 nitrogen and oxygen atoms in total. The van der Waals surface area contributed by atoms with Crippen LogP contribution in [-0.2, 0) is 9.53 Å². The number of amides is 2. The van der Waals surface area contributed by atoms with E-state index in [9.17, 15) is 9.59 Å². The van der Waals surface area contributed by atoms with Crippen LogP contribution in [0.25, 0.3) is 0 Å². The van der Waals surface area contributed by atoms with E-state index in [2.05, 4.69) is 0 Å². The molecule has 1 atom stereocenters. The first-order valence-corrected chi connectivity index (χ1v) is 6.22. The van der Waals surface area contributed by atoms with Gasteiger partial charge in [-0.2, -0.15) is 0 Å². The first kappa shape index (κ1) is 14.8. The number of piperidine rings is 1. The fraction of sp³-hybridized carbons (Fsp3) is 0.833. The maximum absolute atomic E-state index is 12.2. The number of carboxylic acids is 1. The Balaban J connectivity index is 2.67. The normalized spacial score (nSPS) is 23.8. The van der Waals surface area contributed by atoms with Crippen LogP contribution in [0.15, 0.2) is 0 Å². The summed E-state index contributed by atoms with van der Waals surface area (Å²) >= 11 is 0. The Labute approximate surface area is 107 Å². The van der Waals surface area contributed by atoms with E-state index in [1.165, 1.54) is 4.90 Å². The molecule has 0 bridgehead atoms. The van der Waals surface area contributed by atoms with E-state index in [4.69, 9.17) is 9.84 Å². The van der Waals surface area contributed by atoms with Gasteiger partial charge in [-0.05, 0) is 26.7 Å². The van der Waals surface area contributed by atoms with Gasteiger partial charge in [0.15, 0.2) is 0 Å². The molecular formula is C12H22N2O4. The first-order chi connectivity index (χ1) is 8.41. The Morgan fingerprint density at radius 1 is 1.50 bits per heavy atom. The van der Waals surface area contributed by atoms with E-state index in [1.54, 1.807) is 18.9 Å². The summed E-state index contributed by atoms with van der Waals surface area (Å²) in [5.41, 5.74) is -0.323. The lowest BCUT2D eigenvalue weighted by molar-refractivity contribution is -0.137. The first-order valence-electron chi connectivity index (χ1n) is 6.22. The molecule has 18 heavy (non-hydrogen) atoms. The average molecular weight is 258 g/mol. The molecule has 6 heteroatoms. The second-order valence-electron chi connectivity index (χ2n) is 4.87. The number of rotatable bonds is 4. The summed E-state index contributed by atoms with van der Waals surface area (Å²) in [5.74, 6) is -0.989. The Bertz CT molecular complexity index is 321. The van der Waals surface area contributed by atoms with E-state index in [0.717, 1.165) is 12.8 Å². The van der Waals surface area contributed by atoms with Crippen molar-refractivity contribution in [2.24, 2.45) is 0 Å². The smallest absolute Gasteiger partial charge is 0.323 e. The molecule has 1 aliphatic heterocycles. The van der Waals surface area contributed by atoms with Crippen molar-refractivity contribution in [3.05, 3.63) is 0 Å². The fourth-order valence-electron chi connectivity index (χ4n) is 2.21. The Hall–Kier alpha value is -1.30. The number of nitrogens with zero attached hydrogens (tertiary/aromatic N) is 2. The monoisotopic (exact) mass is 258 g/mol.